The molecule has 4 nitrogen and oxygen atoms in total. The van der Waals surface area contributed by atoms with Gasteiger partial charge in [0.25, 0.3) is 0 Å². The van der Waals surface area contributed by atoms with E-state index in [9.17, 15) is 4.39 Å². The minimum absolute atomic E-state index is 0.347. The van der Waals surface area contributed by atoms with Crippen molar-refractivity contribution in [3.05, 3.63) is 23.6 Å². The van der Waals surface area contributed by atoms with E-state index in [-0.39, 0.29) is 5.82 Å². The Hall–Kier alpha value is -1.20. The van der Waals surface area contributed by atoms with E-state index < -0.39 is 0 Å². The number of hydrogen-bond donors (Lipinski definition) is 1. The molecule has 21 heavy (non-hydrogen) atoms. The fourth-order valence-corrected chi connectivity index (χ4v) is 1.74. The van der Waals surface area contributed by atoms with E-state index in [1.165, 1.54) is 12.3 Å². The Kier molecular flexibility index (Phi) is 8.23. The van der Waals surface area contributed by atoms with Gasteiger partial charge in [-0.1, -0.05) is 27.7 Å². The fraction of sp³-hybridized carbons (Fsp3) is 0.688. The highest BCUT2D eigenvalue weighted by molar-refractivity contribution is 5.26. The van der Waals surface area contributed by atoms with Crippen LogP contribution in [0.5, 0.6) is 5.88 Å². The summed E-state index contributed by atoms with van der Waals surface area (Å²) < 4.78 is 24.3. The van der Waals surface area contributed by atoms with Crippen LogP contribution in [-0.2, 0) is 11.3 Å². The number of nitrogens with one attached hydrogen (secondary N) is 1. The third kappa shape index (κ3) is 7.97. The minimum atomic E-state index is -0.347. The van der Waals surface area contributed by atoms with Crippen LogP contribution in [0.3, 0.4) is 0 Å². The topological polar surface area (TPSA) is 43.4 Å². The molecule has 0 spiro atoms. The maximum Gasteiger partial charge on any atom is 0.218 e. The Morgan fingerprint density at radius 1 is 1.19 bits per heavy atom. The second kappa shape index (κ2) is 9.68. The molecule has 0 radical (unpaired) electrons. The molecule has 0 amide bonds. The fourth-order valence-electron chi connectivity index (χ4n) is 1.74. The molecule has 0 bridgehead atoms. The van der Waals surface area contributed by atoms with Crippen molar-refractivity contribution in [2.24, 2.45) is 11.8 Å². The number of aromatic nitrogens is 1. The van der Waals surface area contributed by atoms with Gasteiger partial charge in [-0.3, -0.25) is 0 Å². The maximum atomic E-state index is 13.3. The molecule has 0 saturated heterocycles. The van der Waals surface area contributed by atoms with Gasteiger partial charge in [-0.2, -0.15) is 0 Å². The molecule has 5 heteroatoms. The Morgan fingerprint density at radius 3 is 2.62 bits per heavy atom. The maximum absolute atomic E-state index is 13.3. The molecule has 0 aliphatic heterocycles. The molecule has 0 aliphatic rings. The highest BCUT2D eigenvalue weighted by Gasteiger charge is 2.08. The van der Waals surface area contributed by atoms with Crippen LogP contribution >= 0.6 is 0 Å². The number of hydrogen-bond acceptors (Lipinski definition) is 4. The first-order valence-corrected chi connectivity index (χ1v) is 7.54. The zero-order valence-corrected chi connectivity index (χ0v) is 13.5. The average molecular weight is 298 g/mol. The van der Waals surface area contributed by atoms with Crippen molar-refractivity contribution in [1.29, 1.82) is 0 Å². The smallest absolute Gasteiger partial charge is 0.218 e. The van der Waals surface area contributed by atoms with Gasteiger partial charge in [-0.15, -0.1) is 0 Å². The molecule has 1 aromatic heterocycles. The van der Waals surface area contributed by atoms with Gasteiger partial charge in [0, 0.05) is 18.7 Å². The van der Waals surface area contributed by atoms with E-state index >= 15 is 0 Å². The molecular weight excluding hydrogens is 271 g/mol. The van der Waals surface area contributed by atoms with Crippen LogP contribution in [0, 0.1) is 17.7 Å². The lowest BCUT2D eigenvalue weighted by atomic mass is 10.2. The van der Waals surface area contributed by atoms with Crippen LogP contribution in [-0.4, -0.2) is 31.3 Å². The summed E-state index contributed by atoms with van der Waals surface area (Å²) >= 11 is 0. The number of nitrogens with zero attached hydrogens (tertiary/aromatic N) is 1. The highest BCUT2D eigenvalue weighted by atomic mass is 19.1. The molecule has 0 aromatic carbocycles. The van der Waals surface area contributed by atoms with E-state index in [0.717, 1.165) is 12.1 Å². The number of ether oxygens (including phenoxy) is 2. The van der Waals surface area contributed by atoms with Crippen LogP contribution in [0.1, 0.15) is 33.3 Å². The van der Waals surface area contributed by atoms with Gasteiger partial charge in [0.2, 0.25) is 5.88 Å². The summed E-state index contributed by atoms with van der Waals surface area (Å²) in [5.74, 6) is 1.17. The molecule has 0 fully saturated rings. The quantitative estimate of drug-likeness (QED) is 0.674. The minimum Gasteiger partial charge on any atom is -0.475 e. The van der Waals surface area contributed by atoms with Gasteiger partial charge < -0.3 is 14.8 Å². The van der Waals surface area contributed by atoms with Crippen molar-refractivity contribution in [3.8, 4) is 5.88 Å². The summed E-state index contributed by atoms with van der Waals surface area (Å²) in [5, 5.41) is 3.27. The van der Waals surface area contributed by atoms with Gasteiger partial charge in [0.1, 0.15) is 12.4 Å². The van der Waals surface area contributed by atoms with Crippen molar-refractivity contribution in [3.63, 3.8) is 0 Å². The zero-order chi connectivity index (χ0) is 15.7. The summed E-state index contributed by atoms with van der Waals surface area (Å²) in [4.78, 5) is 4.02. The van der Waals surface area contributed by atoms with Gasteiger partial charge in [-0.05, 0) is 24.4 Å². The number of pyridine rings is 1. The lowest BCUT2D eigenvalue weighted by Gasteiger charge is -2.13. The van der Waals surface area contributed by atoms with Crippen molar-refractivity contribution in [2.45, 2.75) is 34.2 Å². The Balaban J connectivity index is 2.44. The van der Waals surface area contributed by atoms with Crippen molar-refractivity contribution < 1.29 is 13.9 Å². The van der Waals surface area contributed by atoms with E-state index in [1.54, 1.807) is 0 Å². The zero-order valence-electron chi connectivity index (χ0n) is 13.5. The van der Waals surface area contributed by atoms with Crippen molar-refractivity contribution >= 4 is 0 Å². The normalized spacial score (nSPS) is 11.4. The van der Waals surface area contributed by atoms with Crippen molar-refractivity contribution in [2.75, 3.05) is 26.4 Å². The van der Waals surface area contributed by atoms with Crippen LogP contribution in [0.2, 0.25) is 0 Å². The lowest BCUT2D eigenvalue weighted by molar-refractivity contribution is 0.0802. The summed E-state index contributed by atoms with van der Waals surface area (Å²) in [6.07, 6.45) is 1.18. The van der Waals surface area contributed by atoms with Crippen LogP contribution in [0.15, 0.2) is 12.3 Å². The Labute approximate surface area is 127 Å². The first-order chi connectivity index (χ1) is 9.99. The molecule has 120 valence electrons. The van der Waals surface area contributed by atoms with E-state index in [2.05, 4.69) is 38.0 Å². The van der Waals surface area contributed by atoms with E-state index in [0.29, 0.717) is 44.1 Å². The predicted octanol–water partition coefficient (Wildman–Crippen LogP) is 3.02. The summed E-state index contributed by atoms with van der Waals surface area (Å²) in [7, 11) is 0. The second-order valence-electron chi connectivity index (χ2n) is 5.96. The van der Waals surface area contributed by atoms with Gasteiger partial charge >= 0.3 is 0 Å². The molecule has 0 unspecified atom stereocenters. The SMILES string of the molecule is CC(C)CNCc1cc(F)cnc1OCCOCC(C)C. The third-order valence-corrected chi connectivity index (χ3v) is 2.68. The Morgan fingerprint density at radius 2 is 1.95 bits per heavy atom. The highest BCUT2D eigenvalue weighted by Crippen LogP contribution is 2.16. The van der Waals surface area contributed by atoms with Crippen molar-refractivity contribution in [1.82, 2.24) is 10.3 Å². The third-order valence-electron chi connectivity index (χ3n) is 2.68. The van der Waals surface area contributed by atoms with Crippen LogP contribution in [0.25, 0.3) is 0 Å². The molecule has 0 saturated carbocycles. The van der Waals surface area contributed by atoms with Gasteiger partial charge in [0.15, 0.2) is 0 Å². The molecule has 1 rings (SSSR count). The average Bonchev–Trinajstić information content (AvgIpc) is 2.39. The van der Waals surface area contributed by atoms with E-state index in [4.69, 9.17) is 9.47 Å². The molecule has 1 heterocycles. The lowest BCUT2D eigenvalue weighted by Crippen LogP contribution is -2.20. The first kappa shape index (κ1) is 17.9. The summed E-state index contributed by atoms with van der Waals surface area (Å²) in [6.45, 7) is 11.5. The second-order valence-corrected chi connectivity index (χ2v) is 5.96. The first-order valence-electron chi connectivity index (χ1n) is 7.54. The summed E-state index contributed by atoms with van der Waals surface area (Å²) in [5.41, 5.74) is 0.736. The molecule has 1 aromatic rings. The number of halogens is 1. The van der Waals surface area contributed by atoms with Gasteiger partial charge in [-0.25, -0.2) is 9.37 Å². The standard InChI is InChI=1S/C16H27FN2O2/c1-12(2)8-18-9-14-7-15(17)10-19-16(14)21-6-5-20-11-13(3)4/h7,10,12-13,18H,5-6,8-9,11H2,1-4H3. The van der Waals surface area contributed by atoms with Crippen LogP contribution < -0.4 is 10.1 Å². The summed E-state index contributed by atoms with van der Waals surface area (Å²) in [6, 6.07) is 1.46. The molecular formula is C16H27FN2O2. The molecule has 0 atom stereocenters. The Bertz CT molecular complexity index is 411. The van der Waals surface area contributed by atoms with Gasteiger partial charge in [0.05, 0.1) is 12.8 Å². The van der Waals surface area contributed by atoms with Crippen LogP contribution in [0.4, 0.5) is 4.39 Å². The number of rotatable bonds is 10. The molecule has 1 N–H and O–H groups in total. The predicted molar refractivity (Wildman–Crippen MR) is 81.9 cm³/mol. The monoisotopic (exact) mass is 298 g/mol. The molecule has 0 aliphatic carbocycles. The van der Waals surface area contributed by atoms with E-state index in [1.807, 2.05) is 0 Å². The largest absolute Gasteiger partial charge is 0.475 e.